The first-order chi connectivity index (χ1) is 34.6. The van der Waals surface area contributed by atoms with Crippen LogP contribution < -0.4 is 28.4 Å². The van der Waals surface area contributed by atoms with Crippen molar-refractivity contribution in [2.24, 2.45) is 0 Å². The molecule has 8 heteroatoms. The van der Waals surface area contributed by atoms with E-state index in [0.717, 1.165) is 60.8 Å². The molecule has 0 saturated heterocycles. The average molecular weight is 945 g/mol. The number of unbranched alkanes of at least 4 members (excludes halogenated alkanes) is 14. The minimum Gasteiger partial charge on any atom is -0.489 e. The minimum atomic E-state index is -0.397. The van der Waals surface area contributed by atoms with Gasteiger partial charge in [-0.25, -0.2) is 0 Å². The van der Waals surface area contributed by atoms with E-state index >= 15 is 9.59 Å². The summed E-state index contributed by atoms with van der Waals surface area (Å²) in [7, 11) is 0. The van der Waals surface area contributed by atoms with Gasteiger partial charge in [0, 0.05) is 11.1 Å². The van der Waals surface area contributed by atoms with Gasteiger partial charge in [-0.3, -0.25) is 9.59 Å². The van der Waals surface area contributed by atoms with E-state index in [-0.39, 0.29) is 71.7 Å². The number of carbonyl (C=O) groups is 2. The van der Waals surface area contributed by atoms with Crippen molar-refractivity contribution in [3.63, 3.8) is 0 Å². The Morgan fingerprint density at radius 1 is 0.314 bits per heavy atom. The van der Waals surface area contributed by atoms with Gasteiger partial charge < -0.3 is 28.4 Å². The molecule has 0 fully saturated rings. The Morgan fingerprint density at radius 2 is 0.600 bits per heavy atom. The lowest BCUT2D eigenvalue weighted by molar-refractivity contribution is 0.0968. The Bertz CT molecular complexity index is 2330. The van der Waals surface area contributed by atoms with E-state index in [2.05, 4.69) is 13.8 Å². The highest BCUT2D eigenvalue weighted by Crippen LogP contribution is 2.51. The maximum atomic E-state index is 15.6. The normalized spacial score (nSPS) is 11.7. The minimum absolute atomic E-state index is 0.133. The van der Waals surface area contributed by atoms with Gasteiger partial charge >= 0.3 is 0 Å². The molecule has 0 N–H and O–H groups in total. The SMILES string of the molecule is CCCCCCCCCCOc1c(OCc2ccccc2)c(OCc2ccccc2)cc2c1C(=O)c1cc(OCc3ccccc3)c(OCc3ccccc3)c(OCCCCCCCCCC)c1C2=O. The quantitative estimate of drug-likeness (QED) is 0.0386. The second-order valence-electron chi connectivity index (χ2n) is 18.3. The number of hydrogen-bond acceptors (Lipinski definition) is 8. The fraction of sp³-hybridized carbons (Fsp3) is 0.387. The zero-order valence-electron chi connectivity index (χ0n) is 41.5. The van der Waals surface area contributed by atoms with Crippen molar-refractivity contribution in [3.05, 3.63) is 178 Å². The summed E-state index contributed by atoms with van der Waals surface area (Å²) < 4.78 is 40.0. The molecular weight excluding hydrogens is 873 g/mol. The zero-order valence-corrected chi connectivity index (χ0v) is 41.5. The van der Waals surface area contributed by atoms with Gasteiger partial charge in [0.05, 0.1) is 24.3 Å². The molecule has 0 unspecified atom stereocenters. The number of benzene rings is 6. The highest BCUT2D eigenvalue weighted by Gasteiger charge is 2.41. The van der Waals surface area contributed by atoms with Gasteiger partial charge in [-0.1, -0.05) is 225 Å². The van der Waals surface area contributed by atoms with E-state index in [9.17, 15) is 0 Å². The van der Waals surface area contributed by atoms with Crippen LogP contribution in [0, 0.1) is 0 Å². The van der Waals surface area contributed by atoms with E-state index in [1.54, 1.807) is 12.1 Å². The smallest absolute Gasteiger partial charge is 0.204 e. The monoisotopic (exact) mass is 945 g/mol. The van der Waals surface area contributed by atoms with Crippen LogP contribution in [0.5, 0.6) is 34.5 Å². The summed E-state index contributed by atoms with van der Waals surface area (Å²) in [5.74, 6) is 0.755. The third kappa shape index (κ3) is 14.7. The van der Waals surface area contributed by atoms with E-state index in [4.69, 9.17) is 28.4 Å². The standard InChI is InChI=1S/C62H72O8/c1-3-5-7-9-11-13-15-29-39-65-61-55-51(41-53(67-43-47-31-21-17-22-32-47)59(61)69-45-49-35-25-19-26-36-49)58(64)56-52(57(55)63)42-54(68-44-48-33-23-18-24-34-48)60(70-46-50-37-27-20-28-38-50)62(56)66-40-30-16-14-12-10-8-6-4-2/h17-28,31-38,41-42H,3-16,29-30,39-40,43-46H2,1-2H3. The Kier molecular flexibility index (Phi) is 20.7. The molecule has 0 amide bonds. The van der Waals surface area contributed by atoms with Crippen LogP contribution in [0.4, 0.5) is 0 Å². The number of ether oxygens (including phenoxy) is 6. The second kappa shape index (κ2) is 28.2. The summed E-state index contributed by atoms with van der Waals surface area (Å²) >= 11 is 0. The van der Waals surface area contributed by atoms with Gasteiger partial charge in [0.15, 0.2) is 34.6 Å². The van der Waals surface area contributed by atoms with Crippen molar-refractivity contribution >= 4 is 11.6 Å². The van der Waals surface area contributed by atoms with E-state index < -0.39 is 11.6 Å². The van der Waals surface area contributed by atoms with Gasteiger partial charge in [-0.15, -0.1) is 0 Å². The van der Waals surface area contributed by atoms with Crippen LogP contribution in [0.2, 0.25) is 0 Å². The van der Waals surface area contributed by atoms with Crippen LogP contribution in [-0.2, 0) is 26.4 Å². The summed E-state index contributed by atoms with van der Waals surface area (Å²) in [6.45, 7) is 5.88. The third-order valence-corrected chi connectivity index (χ3v) is 12.8. The molecule has 0 saturated carbocycles. The fourth-order valence-electron chi connectivity index (χ4n) is 8.83. The molecule has 0 radical (unpaired) electrons. The lowest BCUT2D eigenvalue weighted by atomic mass is 9.82. The number of hydrogen-bond donors (Lipinski definition) is 0. The molecule has 6 aromatic rings. The molecule has 8 nitrogen and oxygen atoms in total. The predicted molar refractivity (Wildman–Crippen MR) is 279 cm³/mol. The molecule has 368 valence electrons. The maximum Gasteiger partial charge on any atom is 0.204 e. The van der Waals surface area contributed by atoms with Crippen molar-refractivity contribution in [3.8, 4) is 34.5 Å². The molecule has 1 aliphatic carbocycles. The molecule has 0 bridgehead atoms. The third-order valence-electron chi connectivity index (χ3n) is 12.8. The Morgan fingerprint density at radius 3 is 0.914 bits per heavy atom. The molecule has 0 aliphatic heterocycles. The summed E-state index contributed by atoms with van der Waals surface area (Å²) in [4.78, 5) is 31.1. The van der Waals surface area contributed by atoms with Crippen molar-refractivity contribution in [1.29, 1.82) is 0 Å². The van der Waals surface area contributed by atoms with Gasteiger partial charge in [0.2, 0.25) is 11.5 Å². The maximum absolute atomic E-state index is 15.6. The Hall–Kier alpha value is -6.54. The molecule has 70 heavy (non-hydrogen) atoms. The summed E-state index contributed by atoms with van der Waals surface area (Å²) in [5, 5.41) is 0. The number of ketones is 2. The predicted octanol–water partition coefficient (Wildman–Crippen LogP) is 15.8. The van der Waals surface area contributed by atoms with Crippen LogP contribution in [0.15, 0.2) is 133 Å². The van der Waals surface area contributed by atoms with Crippen LogP contribution in [0.3, 0.4) is 0 Å². The lowest BCUT2D eigenvalue weighted by Crippen LogP contribution is -2.25. The van der Waals surface area contributed by atoms with E-state index in [1.165, 1.54) is 64.2 Å². The molecule has 0 spiro atoms. The first-order valence-electron chi connectivity index (χ1n) is 26.0. The summed E-state index contributed by atoms with van der Waals surface area (Å²) in [6, 6.07) is 42.7. The van der Waals surface area contributed by atoms with Gasteiger partial charge in [0.25, 0.3) is 0 Å². The zero-order chi connectivity index (χ0) is 48.6. The molecule has 1 aliphatic rings. The highest BCUT2D eigenvalue weighted by atomic mass is 16.5. The topological polar surface area (TPSA) is 89.5 Å². The van der Waals surface area contributed by atoms with Gasteiger partial charge in [-0.05, 0) is 47.2 Å². The second-order valence-corrected chi connectivity index (χ2v) is 18.3. The molecule has 7 rings (SSSR count). The van der Waals surface area contributed by atoms with Crippen LogP contribution in [0.1, 0.15) is 171 Å². The lowest BCUT2D eigenvalue weighted by Gasteiger charge is -2.27. The molecule has 0 heterocycles. The Labute approximate surface area is 416 Å². The average Bonchev–Trinajstić information content (AvgIpc) is 3.40. The van der Waals surface area contributed by atoms with Gasteiger partial charge in [-0.2, -0.15) is 0 Å². The van der Waals surface area contributed by atoms with Crippen molar-refractivity contribution in [2.45, 2.75) is 143 Å². The summed E-state index contributed by atoms with van der Waals surface area (Å²) in [5.41, 5.74) is 4.30. The first-order valence-corrected chi connectivity index (χ1v) is 26.0. The van der Waals surface area contributed by atoms with Crippen molar-refractivity contribution < 1.29 is 38.0 Å². The van der Waals surface area contributed by atoms with Crippen LogP contribution in [0.25, 0.3) is 0 Å². The van der Waals surface area contributed by atoms with E-state index in [1.807, 2.05) is 121 Å². The Balaban J connectivity index is 1.31. The highest BCUT2D eigenvalue weighted by molar-refractivity contribution is 6.31. The largest absolute Gasteiger partial charge is 0.489 e. The summed E-state index contributed by atoms with van der Waals surface area (Å²) in [6.07, 6.45) is 17.9. The molecular formula is C62H72O8. The molecule has 6 aromatic carbocycles. The fourth-order valence-corrected chi connectivity index (χ4v) is 8.83. The molecule has 0 atom stereocenters. The number of fused-ring (bicyclic) bond motifs is 2. The number of rotatable bonds is 32. The molecule has 0 aromatic heterocycles. The van der Waals surface area contributed by atoms with Crippen molar-refractivity contribution in [2.75, 3.05) is 13.2 Å². The van der Waals surface area contributed by atoms with Crippen molar-refractivity contribution in [1.82, 2.24) is 0 Å². The van der Waals surface area contributed by atoms with Crippen LogP contribution in [-0.4, -0.2) is 24.8 Å². The number of carbonyl (C=O) groups excluding carboxylic acids is 2. The van der Waals surface area contributed by atoms with E-state index in [0.29, 0.717) is 24.7 Å². The first kappa shape index (κ1) is 51.3. The van der Waals surface area contributed by atoms with Crippen LogP contribution >= 0.6 is 0 Å². The van der Waals surface area contributed by atoms with Gasteiger partial charge in [0.1, 0.15) is 26.4 Å².